The Morgan fingerprint density at radius 3 is 2.92 bits per heavy atom. The number of nitrogens with zero attached hydrogens (tertiary/aromatic N) is 5. The predicted molar refractivity (Wildman–Crippen MR) is 88.1 cm³/mol. The monoisotopic (exact) mass is 343 g/mol. The summed E-state index contributed by atoms with van der Waals surface area (Å²) >= 11 is 0. The number of rotatable bonds is 5. The van der Waals surface area contributed by atoms with Gasteiger partial charge in [-0.3, -0.25) is 14.5 Å². The highest BCUT2D eigenvalue weighted by Gasteiger charge is 2.35. The molecule has 2 fully saturated rings. The zero-order valence-corrected chi connectivity index (χ0v) is 14.2. The van der Waals surface area contributed by atoms with Crippen LogP contribution in [0.15, 0.2) is 30.7 Å². The molecule has 4 rings (SSSR count). The lowest BCUT2D eigenvalue weighted by Gasteiger charge is -2.37. The molecule has 0 N–H and O–H groups in total. The first-order chi connectivity index (χ1) is 12.1. The number of carbonyl (C=O) groups is 1. The van der Waals surface area contributed by atoms with E-state index < -0.39 is 0 Å². The SMILES string of the molecule is CC1(Cn2cc(C(=O)N3CC[C@@H](Oc4ccncc4)C3)nn2)COC1. The first-order valence-electron chi connectivity index (χ1n) is 8.45. The minimum atomic E-state index is -0.0953. The second kappa shape index (κ2) is 6.44. The van der Waals surface area contributed by atoms with Crippen LogP contribution in [0.3, 0.4) is 0 Å². The molecule has 2 saturated heterocycles. The van der Waals surface area contributed by atoms with Gasteiger partial charge in [0.15, 0.2) is 5.69 Å². The zero-order valence-electron chi connectivity index (χ0n) is 14.2. The molecule has 4 heterocycles. The summed E-state index contributed by atoms with van der Waals surface area (Å²) in [7, 11) is 0. The molecular weight excluding hydrogens is 322 g/mol. The standard InChI is InChI=1S/C17H21N5O3/c1-17(11-24-12-17)10-22-9-15(19-20-22)16(23)21-7-4-14(8-21)25-13-2-5-18-6-3-13/h2-3,5-6,9,14H,4,7-8,10-12H2,1H3/t14-/m1/s1. The second-order valence-electron chi connectivity index (χ2n) is 7.07. The number of carbonyl (C=O) groups excluding carboxylic acids is 1. The van der Waals surface area contributed by atoms with Crippen molar-refractivity contribution < 1.29 is 14.3 Å². The largest absolute Gasteiger partial charge is 0.488 e. The van der Waals surface area contributed by atoms with Gasteiger partial charge in [0, 0.05) is 30.8 Å². The van der Waals surface area contributed by atoms with Crippen LogP contribution >= 0.6 is 0 Å². The van der Waals surface area contributed by atoms with Crippen molar-refractivity contribution in [3.8, 4) is 5.75 Å². The van der Waals surface area contributed by atoms with E-state index in [4.69, 9.17) is 9.47 Å². The third-order valence-electron chi connectivity index (χ3n) is 4.59. The molecule has 0 saturated carbocycles. The summed E-state index contributed by atoms with van der Waals surface area (Å²) in [5.41, 5.74) is 0.471. The van der Waals surface area contributed by atoms with E-state index in [0.29, 0.717) is 25.3 Å². The van der Waals surface area contributed by atoms with Crippen LogP contribution in [0.4, 0.5) is 0 Å². The van der Waals surface area contributed by atoms with Gasteiger partial charge < -0.3 is 14.4 Å². The Balaban J connectivity index is 1.34. The van der Waals surface area contributed by atoms with E-state index in [1.807, 2.05) is 12.1 Å². The third kappa shape index (κ3) is 3.48. The molecule has 25 heavy (non-hydrogen) atoms. The Bertz CT molecular complexity index is 744. The Kier molecular flexibility index (Phi) is 4.12. The summed E-state index contributed by atoms with van der Waals surface area (Å²) in [6, 6.07) is 3.64. The predicted octanol–water partition coefficient (Wildman–Crippen LogP) is 1.00. The number of hydrogen-bond donors (Lipinski definition) is 0. The molecule has 2 aliphatic rings. The van der Waals surface area contributed by atoms with Gasteiger partial charge in [-0.1, -0.05) is 12.1 Å². The molecule has 132 valence electrons. The third-order valence-corrected chi connectivity index (χ3v) is 4.59. The van der Waals surface area contributed by atoms with Crippen molar-refractivity contribution in [2.75, 3.05) is 26.3 Å². The number of pyridine rings is 1. The van der Waals surface area contributed by atoms with Crippen molar-refractivity contribution in [1.29, 1.82) is 0 Å². The molecule has 2 aromatic heterocycles. The maximum absolute atomic E-state index is 12.6. The van der Waals surface area contributed by atoms with Crippen molar-refractivity contribution in [2.45, 2.75) is 26.0 Å². The molecule has 2 aromatic rings. The van der Waals surface area contributed by atoms with E-state index in [1.165, 1.54) is 0 Å². The van der Waals surface area contributed by atoms with E-state index >= 15 is 0 Å². The summed E-state index contributed by atoms with van der Waals surface area (Å²) < 4.78 is 12.9. The van der Waals surface area contributed by atoms with Crippen LogP contribution < -0.4 is 4.74 Å². The minimum absolute atomic E-state index is 0.00701. The van der Waals surface area contributed by atoms with Gasteiger partial charge in [-0.15, -0.1) is 5.10 Å². The Morgan fingerprint density at radius 2 is 2.20 bits per heavy atom. The van der Waals surface area contributed by atoms with Crippen LogP contribution in [-0.4, -0.2) is 63.2 Å². The van der Waals surface area contributed by atoms with E-state index in [2.05, 4.69) is 22.2 Å². The highest BCUT2D eigenvalue weighted by molar-refractivity contribution is 5.92. The Labute approximate surface area is 145 Å². The van der Waals surface area contributed by atoms with Gasteiger partial charge in [-0.25, -0.2) is 0 Å². The van der Waals surface area contributed by atoms with Gasteiger partial charge in [0.2, 0.25) is 0 Å². The fourth-order valence-electron chi connectivity index (χ4n) is 3.19. The minimum Gasteiger partial charge on any atom is -0.488 e. The van der Waals surface area contributed by atoms with Crippen molar-refractivity contribution in [2.24, 2.45) is 5.41 Å². The van der Waals surface area contributed by atoms with Crippen LogP contribution in [0.2, 0.25) is 0 Å². The second-order valence-corrected chi connectivity index (χ2v) is 7.07. The zero-order chi connectivity index (χ0) is 17.3. The summed E-state index contributed by atoms with van der Waals surface area (Å²) in [6.07, 6.45) is 5.91. The highest BCUT2D eigenvalue weighted by atomic mass is 16.5. The molecule has 0 aromatic carbocycles. The Hall–Kier alpha value is -2.48. The lowest BCUT2D eigenvalue weighted by atomic mass is 9.89. The lowest BCUT2D eigenvalue weighted by Crippen LogP contribution is -2.43. The molecule has 0 radical (unpaired) electrons. The molecule has 2 aliphatic heterocycles. The summed E-state index contributed by atoms with van der Waals surface area (Å²) in [5, 5.41) is 8.13. The van der Waals surface area contributed by atoms with E-state index in [1.54, 1.807) is 28.2 Å². The van der Waals surface area contributed by atoms with Crippen LogP contribution in [0.1, 0.15) is 23.8 Å². The van der Waals surface area contributed by atoms with Crippen LogP contribution in [0.25, 0.3) is 0 Å². The molecule has 0 aliphatic carbocycles. The van der Waals surface area contributed by atoms with E-state index in [0.717, 1.165) is 25.4 Å². The van der Waals surface area contributed by atoms with E-state index in [-0.39, 0.29) is 17.4 Å². The van der Waals surface area contributed by atoms with Crippen LogP contribution in [0.5, 0.6) is 5.75 Å². The fourth-order valence-corrected chi connectivity index (χ4v) is 3.19. The average molecular weight is 343 g/mol. The number of likely N-dealkylation sites (tertiary alicyclic amines) is 1. The number of ether oxygens (including phenoxy) is 2. The van der Waals surface area contributed by atoms with Gasteiger partial charge in [0.25, 0.3) is 5.91 Å². The smallest absolute Gasteiger partial charge is 0.276 e. The number of amides is 1. The number of aromatic nitrogens is 4. The van der Waals surface area contributed by atoms with Gasteiger partial charge >= 0.3 is 0 Å². The van der Waals surface area contributed by atoms with Gasteiger partial charge in [-0.05, 0) is 12.1 Å². The molecule has 1 atom stereocenters. The fraction of sp³-hybridized carbons (Fsp3) is 0.529. The normalized spacial score (nSPS) is 21.8. The molecule has 8 heteroatoms. The molecule has 0 spiro atoms. The highest BCUT2D eigenvalue weighted by Crippen LogP contribution is 2.28. The molecule has 0 bridgehead atoms. The van der Waals surface area contributed by atoms with Crippen molar-refractivity contribution in [3.05, 3.63) is 36.4 Å². The first-order valence-corrected chi connectivity index (χ1v) is 8.45. The molecule has 8 nitrogen and oxygen atoms in total. The maximum Gasteiger partial charge on any atom is 0.276 e. The summed E-state index contributed by atoms with van der Waals surface area (Å²) in [6.45, 7) is 5.50. The van der Waals surface area contributed by atoms with E-state index in [9.17, 15) is 4.79 Å². The van der Waals surface area contributed by atoms with Gasteiger partial charge in [-0.2, -0.15) is 0 Å². The topological polar surface area (TPSA) is 82.4 Å². The van der Waals surface area contributed by atoms with Crippen LogP contribution in [-0.2, 0) is 11.3 Å². The molecule has 1 amide bonds. The molecule has 0 unspecified atom stereocenters. The van der Waals surface area contributed by atoms with Gasteiger partial charge in [0.05, 0.1) is 32.5 Å². The quantitative estimate of drug-likeness (QED) is 0.806. The average Bonchev–Trinajstić information content (AvgIpc) is 3.23. The van der Waals surface area contributed by atoms with Crippen LogP contribution in [0, 0.1) is 5.41 Å². The summed E-state index contributed by atoms with van der Waals surface area (Å²) in [4.78, 5) is 18.4. The lowest BCUT2D eigenvalue weighted by molar-refractivity contribution is -0.111. The van der Waals surface area contributed by atoms with Gasteiger partial charge in [0.1, 0.15) is 11.9 Å². The van der Waals surface area contributed by atoms with Crippen molar-refractivity contribution in [3.63, 3.8) is 0 Å². The number of hydrogen-bond acceptors (Lipinski definition) is 6. The maximum atomic E-state index is 12.6. The van der Waals surface area contributed by atoms with Crippen molar-refractivity contribution in [1.82, 2.24) is 24.9 Å². The Morgan fingerprint density at radius 1 is 1.40 bits per heavy atom. The first kappa shape index (κ1) is 16.0. The molecular formula is C17H21N5O3. The summed E-state index contributed by atoms with van der Waals surface area (Å²) in [5.74, 6) is 0.679. The van der Waals surface area contributed by atoms with Crippen molar-refractivity contribution >= 4 is 5.91 Å².